The molecule has 0 saturated carbocycles. The molecule has 0 amide bonds. The Balaban J connectivity index is 3.98. The molecule has 0 aromatic carbocycles. The molecule has 0 saturated heterocycles. The van der Waals surface area contributed by atoms with Crippen LogP contribution in [0.15, 0.2) is 134 Å². The molecule has 2 atom stereocenters. The lowest BCUT2D eigenvalue weighted by Crippen LogP contribution is -2.37. The van der Waals surface area contributed by atoms with Crippen molar-refractivity contribution >= 4 is 19.8 Å². The first kappa shape index (κ1) is 88.2. The number of nitrogens with zero attached hydrogens (tertiary/aromatic N) is 1. The van der Waals surface area contributed by atoms with Crippen molar-refractivity contribution in [2.45, 2.75) is 328 Å². The number of phosphoric acid groups is 1. The molecule has 0 fully saturated rings. The van der Waals surface area contributed by atoms with Crippen LogP contribution in [0.4, 0.5) is 0 Å². The highest BCUT2D eigenvalue weighted by Gasteiger charge is 2.27. The number of allylic oxidation sites excluding steroid dienone is 22. The second kappa shape index (κ2) is 71.4. The molecule has 0 aromatic rings. The number of hydrogen-bond acceptors (Lipinski definition) is 7. The van der Waals surface area contributed by atoms with E-state index >= 15 is 0 Å². The zero-order valence-corrected chi connectivity index (χ0v) is 61.1. The average Bonchev–Trinajstić information content (AvgIpc) is 2.23. The number of ether oxygens (including phenoxy) is 2. The highest BCUT2D eigenvalue weighted by atomic mass is 31.2. The Labute approximate surface area is 568 Å². The van der Waals surface area contributed by atoms with Crippen LogP contribution in [-0.2, 0) is 32.7 Å². The Kier molecular flexibility index (Phi) is 68.5. The predicted molar refractivity (Wildman–Crippen MR) is 399 cm³/mol. The van der Waals surface area contributed by atoms with Crippen molar-refractivity contribution in [2.75, 3.05) is 47.5 Å². The van der Waals surface area contributed by atoms with Crippen molar-refractivity contribution < 1.29 is 42.1 Å². The molecule has 0 aromatic heterocycles. The van der Waals surface area contributed by atoms with Gasteiger partial charge in [0.25, 0.3) is 0 Å². The maximum Gasteiger partial charge on any atom is 0.472 e. The summed E-state index contributed by atoms with van der Waals surface area (Å²) in [4.78, 5) is 35.9. The van der Waals surface area contributed by atoms with E-state index in [1.54, 1.807) is 0 Å². The number of carbonyl (C=O) groups is 2. The van der Waals surface area contributed by atoms with E-state index in [9.17, 15) is 19.0 Å². The van der Waals surface area contributed by atoms with Crippen LogP contribution in [0.3, 0.4) is 0 Å². The number of phosphoric ester groups is 1. The molecule has 0 rings (SSSR count). The number of rotatable bonds is 69. The van der Waals surface area contributed by atoms with E-state index in [4.69, 9.17) is 18.5 Å². The van der Waals surface area contributed by atoms with Gasteiger partial charge >= 0.3 is 19.8 Å². The van der Waals surface area contributed by atoms with Gasteiger partial charge in [-0.2, -0.15) is 0 Å². The lowest BCUT2D eigenvalue weighted by molar-refractivity contribution is -0.870. The Morgan fingerprint density at radius 3 is 0.870 bits per heavy atom. The van der Waals surface area contributed by atoms with Gasteiger partial charge in [0.2, 0.25) is 0 Å². The van der Waals surface area contributed by atoms with E-state index in [1.807, 2.05) is 21.1 Å². The summed E-state index contributed by atoms with van der Waals surface area (Å²) in [6.45, 7) is 4.23. The van der Waals surface area contributed by atoms with Gasteiger partial charge in [-0.05, 0) is 109 Å². The summed E-state index contributed by atoms with van der Waals surface area (Å²) in [6.07, 6.45) is 104. The van der Waals surface area contributed by atoms with Gasteiger partial charge in [-0.25, -0.2) is 4.57 Å². The van der Waals surface area contributed by atoms with E-state index in [-0.39, 0.29) is 32.0 Å². The quantitative estimate of drug-likeness (QED) is 0.0211. The maximum absolute atomic E-state index is 12.9. The molecule has 0 spiro atoms. The van der Waals surface area contributed by atoms with E-state index in [0.29, 0.717) is 17.4 Å². The number of esters is 2. The van der Waals surface area contributed by atoms with Gasteiger partial charge in [-0.3, -0.25) is 18.6 Å². The second-order valence-electron chi connectivity index (χ2n) is 26.3. The van der Waals surface area contributed by atoms with Crippen LogP contribution in [-0.4, -0.2) is 74.9 Å². The molecule has 528 valence electrons. The fraction of sp³-hybridized carbons (Fsp3) is 0.707. The number of carbonyl (C=O) groups excluding carboxylic acids is 2. The van der Waals surface area contributed by atoms with Crippen molar-refractivity contribution in [1.29, 1.82) is 0 Å². The summed E-state index contributed by atoms with van der Waals surface area (Å²) in [7, 11) is 1.48. The average molecular weight is 1300 g/mol. The molecule has 9 nitrogen and oxygen atoms in total. The third-order valence-corrected chi connectivity index (χ3v) is 17.2. The molecule has 0 heterocycles. The van der Waals surface area contributed by atoms with Crippen molar-refractivity contribution in [3.63, 3.8) is 0 Å². The smallest absolute Gasteiger partial charge is 0.462 e. The van der Waals surface area contributed by atoms with Gasteiger partial charge in [0.1, 0.15) is 19.8 Å². The van der Waals surface area contributed by atoms with Crippen molar-refractivity contribution in [3.8, 4) is 0 Å². The minimum atomic E-state index is -4.40. The van der Waals surface area contributed by atoms with Crippen molar-refractivity contribution in [3.05, 3.63) is 134 Å². The Morgan fingerprint density at radius 1 is 0.337 bits per heavy atom. The molecule has 0 bridgehead atoms. The van der Waals surface area contributed by atoms with Gasteiger partial charge in [-0.15, -0.1) is 0 Å². The normalized spacial score (nSPS) is 13.8. The number of hydrogen-bond donors (Lipinski definition) is 1. The zero-order valence-electron chi connectivity index (χ0n) is 60.2. The van der Waals surface area contributed by atoms with Gasteiger partial charge in [0.05, 0.1) is 27.7 Å². The standard InChI is InChI=1S/C82H142NO8P/c1-6-8-10-12-14-16-18-20-22-24-26-28-30-32-34-35-36-37-38-39-40-41-42-43-44-45-46-47-49-51-53-55-57-59-61-63-65-67-69-71-73-75-82(85)91-80(79-90-92(86,87)89-77-76-83(3,4)5)78-88-81(84)74-72-70-68-66-64-62-60-58-56-54-52-50-48-33-31-29-27-25-23-21-19-17-15-13-11-9-7-2/h8-11,14-17,20-23,26-29,32,34,36-37,39-40,80H,6-7,12-13,18-19,24-25,30-31,33,35,38,41-79H2,1-5H3/p+1/b10-8-,11-9-,16-14-,17-15-,22-20-,23-21-,28-26-,29-27-,34-32-,37-36-,40-39-. The van der Waals surface area contributed by atoms with Crippen LogP contribution in [0, 0.1) is 0 Å². The third-order valence-electron chi connectivity index (χ3n) is 16.2. The molecular formula is C82H143NO8P+. The van der Waals surface area contributed by atoms with E-state index in [0.717, 1.165) is 103 Å². The van der Waals surface area contributed by atoms with Gasteiger partial charge < -0.3 is 18.9 Å². The number of quaternary nitrogens is 1. The first-order valence-corrected chi connectivity index (χ1v) is 39.4. The van der Waals surface area contributed by atoms with Crippen LogP contribution < -0.4 is 0 Å². The molecule has 10 heteroatoms. The van der Waals surface area contributed by atoms with E-state index < -0.39 is 26.5 Å². The van der Waals surface area contributed by atoms with Gasteiger partial charge in [-0.1, -0.05) is 334 Å². The molecule has 1 N–H and O–H groups in total. The molecular weight excluding hydrogens is 1160 g/mol. The number of likely N-dealkylation sites (N-methyl/N-ethyl adjacent to an activating group) is 1. The van der Waals surface area contributed by atoms with E-state index in [2.05, 4.69) is 148 Å². The van der Waals surface area contributed by atoms with Crippen molar-refractivity contribution in [2.24, 2.45) is 0 Å². The van der Waals surface area contributed by atoms with Crippen LogP contribution in [0.5, 0.6) is 0 Å². The topological polar surface area (TPSA) is 108 Å². The summed E-state index contributed by atoms with van der Waals surface area (Å²) < 4.78 is 34.8. The first-order valence-electron chi connectivity index (χ1n) is 37.9. The monoisotopic (exact) mass is 1300 g/mol. The lowest BCUT2D eigenvalue weighted by Gasteiger charge is -2.24. The minimum absolute atomic E-state index is 0.0287. The van der Waals surface area contributed by atoms with Crippen LogP contribution in [0.1, 0.15) is 322 Å². The summed E-state index contributed by atoms with van der Waals surface area (Å²) in [6, 6.07) is 0. The predicted octanol–water partition coefficient (Wildman–Crippen LogP) is 25.2. The van der Waals surface area contributed by atoms with E-state index in [1.165, 1.54) is 186 Å². The van der Waals surface area contributed by atoms with Gasteiger partial charge in [0.15, 0.2) is 6.10 Å². The minimum Gasteiger partial charge on any atom is -0.462 e. The summed E-state index contributed by atoms with van der Waals surface area (Å²) in [5, 5.41) is 0. The number of unbranched alkanes of at least 4 members (excludes halogenated alkanes) is 33. The lowest BCUT2D eigenvalue weighted by atomic mass is 10.0. The van der Waals surface area contributed by atoms with Crippen LogP contribution >= 0.6 is 7.82 Å². The molecule has 92 heavy (non-hydrogen) atoms. The van der Waals surface area contributed by atoms with Gasteiger partial charge in [0, 0.05) is 12.8 Å². The molecule has 0 aliphatic heterocycles. The molecule has 2 unspecified atom stereocenters. The SMILES string of the molecule is CC/C=C\C/C=C\C/C=C\C/C=C\C/C=C\C/C=C\C/C=C\CCCCCCCCCCCCCCCCCCCCCC(=O)OC(COC(=O)CCCCCCCCCCCCCCCC/C=C\C/C=C\C/C=C\C/C=C\CC)COP(=O)(O)OCC[N+](C)(C)C. The maximum atomic E-state index is 12.9. The fourth-order valence-electron chi connectivity index (χ4n) is 10.5. The summed E-state index contributed by atoms with van der Waals surface area (Å²) in [5.41, 5.74) is 0. The molecule has 0 aliphatic rings. The highest BCUT2D eigenvalue weighted by molar-refractivity contribution is 7.47. The van der Waals surface area contributed by atoms with Crippen LogP contribution in [0.25, 0.3) is 0 Å². The largest absolute Gasteiger partial charge is 0.472 e. The highest BCUT2D eigenvalue weighted by Crippen LogP contribution is 2.43. The third kappa shape index (κ3) is 75.2. The second-order valence-corrected chi connectivity index (χ2v) is 27.7. The summed E-state index contributed by atoms with van der Waals surface area (Å²) >= 11 is 0. The Hall–Kier alpha value is -3.85. The molecule has 0 radical (unpaired) electrons. The first-order chi connectivity index (χ1) is 45.0. The summed E-state index contributed by atoms with van der Waals surface area (Å²) in [5.74, 6) is -0.790. The van der Waals surface area contributed by atoms with Crippen molar-refractivity contribution in [1.82, 2.24) is 0 Å². The Bertz CT molecular complexity index is 2020. The zero-order chi connectivity index (χ0) is 66.9. The fourth-order valence-corrected chi connectivity index (χ4v) is 11.2. The Morgan fingerprint density at radius 2 is 0.587 bits per heavy atom. The molecule has 0 aliphatic carbocycles. The van der Waals surface area contributed by atoms with Crippen LogP contribution in [0.2, 0.25) is 0 Å².